The Kier molecular flexibility index (Phi) is 4.07. The zero-order chi connectivity index (χ0) is 14.8. The van der Waals surface area contributed by atoms with Crippen LogP contribution in [-0.4, -0.2) is 28.8 Å². The highest BCUT2D eigenvalue weighted by atomic mass is 79.9. The van der Waals surface area contributed by atoms with E-state index in [-0.39, 0.29) is 11.8 Å². The highest BCUT2D eigenvalue weighted by molar-refractivity contribution is 9.10. The molecule has 1 aliphatic rings. The summed E-state index contributed by atoms with van der Waals surface area (Å²) in [4.78, 5) is 12.3. The van der Waals surface area contributed by atoms with Gasteiger partial charge >= 0.3 is 0 Å². The quantitative estimate of drug-likeness (QED) is 0.895. The number of rotatable bonds is 3. The van der Waals surface area contributed by atoms with E-state index in [0.717, 1.165) is 35.4 Å². The van der Waals surface area contributed by atoms with Crippen LogP contribution in [0.2, 0.25) is 0 Å². The van der Waals surface area contributed by atoms with Gasteiger partial charge in [-0.25, -0.2) is 4.68 Å². The van der Waals surface area contributed by atoms with Crippen molar-refractivity contribution in [1.82, 2.24) is 15.1 Å². The molecule has 1 amide bonds. The maximum Gasteiger partial charge on any atom is 0.229 e. The molecule has 1 saturated heterocycles. The molecular weight excluding hydrogens is 332 g/mol. The summed E-state index contributed by atoms with van der Waals surface area (Å²) in [5, 5.41) is 10.7. The highest BCUT2D eigenvalue weighted by Crippen LogP contribution is 2.21. The molecule has 1 aromatic carbocycles. The normalized spacial score (nSPS) is 17.9. The molecule has 0 radical (unpaired) electrons. The fraction of sp³-hybridized carbons (Fsp3) is 0.333. The SMILES string of the molecule is Cc1cc(NC(=O)[C@H]2CCNC2)n(-c2cccc(Br)c2)n1. The van der Waals surface area contributed by atoms with Crippen molar-refractivity contribution in [3.05, 3.63) is 40.5 Å². The molecule has 1 atom stereocenters. The molecule has 110 valence electrons. The number of halogens is 1. The minimum absolute atomic E-state index is 0.0381. The summed E-state index contributed by atoms with van der Waals surface area (Å²) < 4.78 is 2.74. The Bertz CT molecular complexity index is 661. The third-order valence-corrected chi connectivity index (χ3v) is 4.06. The van der Waals surface area contributed by atoms with Crippen molar-refractivity contribution < 1.29 is 4.79 Å². The van der Waals surface area contributed by atoms with E-state index in [1.54, 1.807) is 4.68 Å². The molecule has 0 saturated carbocycles. The fourth-order valence-corrected chi connectivity index (χ4v) is 2.89. The van der Waals surface area contributed by atoms with Crippen LogP contribution in [0.3, 0.4) is 0 Å². The van der Waals surface area contributed by atoms with E-state index in [2.05, 4.69) is 31.7 Å². The monoisotopic (exact) mass is 348 g/mol. The van der Waals surface area contributed by atoms with Crippen molar-refractivity contribution in [1.29, 1.82) is 0 Å². The molecule has 21 heavy (non-hydrogen) atoms. The molecule has 0 spiro atoms. The number of amides is 1. The Morgan fingerprint density at radius 2 is 2.33 bits per heavy atom. The van der Waals surface area contributed by atoms with Gasteiger partial charge in [0.2, 0.25) is 5.91 Å². The largest absolute Gasteiger partial charge is 0.316 e. The smallest absolute Gasteiger partial charge is 0.229 e. The number of nitrogens with zero attached hydrogens (tertiary/aromatic N) is 2. The molecule has 0 aliphatic carbocycles. The molecule has 1 aliphatic heterocycles. The summed E-state index contributed by atoms with van der Waals surface area (Å²) in [7, 11) is 0. The second-order valence-electron chi connectivity index (χ2n) is 5.24. The number of anilines is 1. The number of aromatic nitrogens is 2. The summed E-state index contributed by atoms with van der Waals surface area (Å²) in [5.41, 5.74) is 1.78. The highest BCUT2D eigenvalue weighted by Gasteiger charge is 2.23. The van der Waals surface area contributed by atoms with Crippen molar-refractivity contribution >= 4 is 27.7 Å². The zero-order valence-electron chi connectivity index (χ0n) is 11.8. The maximum atomic E-state index is 12.3. The van der Waals surface area contributed by atoms with Gasteiger partial charge in [-0.1, -0.05) is 22.0 Å². The number of carbonyl (C=O) groups excluding carboxylic acids is 1. The van der Waals surface area contributed by atoms with Crippen LogP contribution in [0, 0.1) is 12.8 Å². The Morgan fingerprint density at radius 3 is 3.05 bits per heavy atom. The fourth-order valence-electron chi connectivity index (χ4n) is 2.50. The predicted octanol–water partition coefficient (Wildman–Crippen LogP) is 2.49. The first-order valence-corrected chi connectivity index (χ1v) is 7.77. The first kappa shape index (κ1) is 14.3. The zero-order valence-corrected chi connectivity index (χ0v) is 13.4. The van der Waals surface area contributed by atoms with Crippen molar-refractivity contribution in [2.45, 2.75) is 13.3 Å². The van der Waals surface area contributed by atoms with Crippen molar-refractivity contribution in [2.75, 3.05) is 18.4 Å². The van der Waals surface area contributed by atoms with Crippen LogP contribution in [0.25, 0.3) is 5.69 Å². The maximum absolute atomic E-state index is 12.3. The van der Waals surface area contributed by atoms with Gasteiger partial charge in [-0.3, -0.25) is 4.79 Å². The average Bonchev–Trinajstić information content (AvgIpc) is 3.08. The molecule has 0 bridgehead atoms. The van der Waals surface area contributed by atoms with Gasteiger partial charge in [0.15, 0.2) is 0 Å². The summed E-state index contributed by atoms with van der Waals surface area (Å²) in [6.07, 6.45) is 0.885. The molecule has 2 N–H and O–H groups in total. The van der Waals surface area contributed by atoms with Crippen LogP contribution in [0.5, 0.6) is 0 Å². The Labute approximate surface area is 131 Å². The van der Waals surface area contributed by atoms with Crippen LogP contribution in [0.1, 0.15) is 12.1 Å². The summed E-state index contributed by atoms with van der Waals surface area (Å²) in [5.74, 6) is 0.801. The third-order valence-electron chi connectivity index (χ3n) is 3.57. The van der Waals surface area contributed by atoms with Crippen molar-refractivity contribution in [3.8, 4) is 5.69 Å². The molecule has 5 nitrogen and oxygen atoms in total. The lowest BCUT2D eigenvalue weighted by Gasteiger charge is -2.12. The lowest BCUT2D eigenvalue weighted by molar-refractivity contribution is -0.119. The number of hydrogen-bond donors (Lipinski definition) is 2. The van der Waals surface area contributed by atoms with E-state index in [4.69, 9.17) is 0 Å². The second-order valence-corrected chi connectivity index (χ2v) is 6.16. The second kappa shape index (κ2) is 5.99. The third kappa shape index (κ3) is 3.16. The molecule has 2 aromatic rings. The van der Waals surface area contributed by atoms with Gasteiger partial charge in [0.25, 0.3) is 0 Å². The van der Waals surface area contributed by atoms with Crippen LogP contribution in [0.4, 0.5) is 5.82 Å². The predicted molar refractivity (Wildman–Crippen MR) is 85.6 cm³/mol. The van der Waals surface area contributed by atoms with E-state index in [1.165, 1.54) is 0 Å². The number of carbonyl (C=O) groups is 1. The molecule has 3 rings (SSSR count). The van der Waals surface area contributed by atoms with Crippen molar-refractivity contribution in [2.24, 2.45) is 5.92 Å². The van der Waals surface area contributed by atoms with Gasteiger partial charge < -0.3 is 10.6 Å². The van der Waals surface area contributed by atoms with Gasteiger partial charge in [-0.2, -0.15) is 5.10 Å². The Balaban J connectivity index is 1.87. The lowest BCUT2D eigenvalue weighted by atomic mass is 10.1. The van der Waals surface area contributed by atoms with Crippen LogP contribution < -0.4 is 10.6 Å². The number of benzene rings is 1. The Hall–Kier alpha value is -1.66. The summed E-state index contributed by atoms with van der Waals surface area (Å²) >= 11 is 3.46. The number of nitrogens with one attached hydrogen (secondary N) is 2. The molecule has 1 aromatic heterocycles. The van der Waals surface area contributed by atoms with E-state index in [1.807, 2.05) is 37.3 Å². The lowest BCUT2D eigenvalue weighted by Crippen LogP contribution is -2.25. The number of aryl methyl sites for hydroxylation is 1. The molecule has 2 heterocycles. The topological polar surface area (TPSA) is 59.0 Å². The summed E-state index contributed by atoms with van der Waals surface area (Å²) in [6.45, 7) is 3.57. The van der Waals surface area contributed by atoms with E-state index < -0.39 is 0 Å². The van der Waals surface area contributed by atoms with Gasteiger partial charge in [0.1, 0.15) is 5.82 Å². The average molecular weight is 349 g/mol. The molecule has 0 unspecified atom stereocenters. The molecule has 6 heteroatoms. The standard InChI is InChI=1S/C15H17BrN4O/c1-10-7-14(18-15(21)11-5-6-17-9-11)20(19-10)13-4-2-3-12(16)8-13/h2-4,7-8,11,17H,5-6,9H2,1H3,(H,18,21)/t11-/m0/s1. The molecular formula is C15H17BrN4O. The van der Waals surface area contributed by atoms with Gasteiger partial charge in [-0.15, -0.1) is 0 Å². The minimum Gasteiger partial charge on any atom is -0.316 e. The van der Waals surface area contributed by atoms with Crippen LogP contribution >= 0.6 is 15.9 Å². The number of hydrogen-bond acceptors (Lipinski definition) is 3. The minimum atomic E-state index is 0.0381. The van der Waals surface area contributed by atoms with Crippen LogP contribution in [0.15, 0.2) is 34.8 Å². The van der Waals surface area contributed by atoms with Crippen LogP contribution in [-0.2, 0) is 4.79 Å². The molecule has 1 fully saturated rings. The first-order chi connectivity index (χ1) is 10.1. The first-order valence-electron chi connectivity index (χ1n) is 6.97. The van der Waals surface area contributed by atoms with Gasteiger partial charge in [0.05, 0.1) is 17.3 Å². The van der Waals surface area contributed by atoms with Crippen molar-refractivity contribution in [3.63, 3.8) is 0 Å². The van der Waals surface area contributed by atoms with E-state index in [9.17, 15) is 4.79 Å². The van der Waals surface area contributed by atoms with E-state index >= 15 is 0 Å². The van der Waals surface area contributed by atoms with Gasteiger partial charge in [-0.05, 0) is 38.1 Å². The van der Waals surface area contributed by atoms with Gasteiger partial charge in [0, 0.05) is 17.1 Å². The Morgan fingerprint density at radius 1 is 1.48 bits per heavy atom. The van der Waals surface area contributed by atoms with E-state index in [0.29, 0.717) is 5.82 Å². The summed E-state index contributed by atoms with van der Waals surface area (Å²) in [6, 6.07) is 9.73.